The molecule has 1 N–H and O–H groups in total. The summed E-state index contributed by atoms with van der Waals surface area (Å²) in [6.45, 7) is 0. The monoisotopic (exact) mass is 508 g/mol. The van der Waals surface area contributed by atoms with Crippen molar-refractivity contribution in [2.75, 3.05) is 0 Å². The Balaban J connectivity index is 1.48. The minimum atomic E-state index is -4.02. The average molecular weight is 509 g/mol. The number of hydrazone groups is 1. The molecule has 0 aliphatic heterocycles. The first-order valence-electron chi connectivity index (χ1n) is 9.54. The third kappa shape index (κ3) is 5.04. The average Bonchev–Trinajstić information content (AvgIpc) is 2.79. The number of fused-ring (bicyclic) bond motifs is 1. The Kier molecular flexibility index (Phi) is 6.34. The van der Waals surface area contributed by atoms with E-state index in [0.717, 1.165) is 10.8 Å². The van der Waals surface area contributed by atoms with E-state index in [0.29, 0.717) is 15.6 Å². The summed E-state index contributed by atoms with van der Waals surface area (Å²) in [5.74, 6) is -0.237. The quantitative estimate of drug-likeness (QED) is 0.222. The van der Waals surface area contributed by atoms with Gasteiger partial charge in [-0.1, -0.05) is 54.6 Å². The van der Waals surface area contributed by atoms with Crippen molar-refractivity contribution in [1.82, 2.24) is 5.43 Å². The molecule has 0 saturated heterocycles. The molecule has 0 aromatic heterocycles. The lowest BCUT2D eigenvalue weighted by Crippen LogP contribution is -2.18. The summed E-state index contributed by atoms with van der Waals surface area (Å²) in [6, 6.07) is 25.7. The molecule has 0 spiro atoms. The predicted molar refractivity (Wildman–Crippen MR) is 127 cm³/mol. The van der Waals surface area contributed by atoms with Crippen LogP contribution in [-0.4, -0.2) is 20.5 Å². The third-order valence-corrected chi connectivity index (χ3v) is 6.51. The van der Waals surface area contributed by atoms with Crippen LogP contribution < -0.4 is 9.61 Å². The molecule has 0 atom stereocenters. The molecule has 160 valence electrons. The fourth-order valence-corrected chi connectivity index (χ4v) is 4.44. The van der Waals surface area contributed by atoms with Crippen molar-refractivity contribution in [2.24, 2.45) is 5.10 Å². The van der Waals surface area contributed by atoms with E-state index in [9.17, 15) is 13.2 Å². The minimum Gasteiger partial charge on any atom is -0.379 e. The van der Waals surface area contributed by atoms with Crippen molar-refractivity contribution in [3.63, 3.8) is 0 Å². The van der Waals surface area contributed by atoms with Gasteiger partial charge in [0.2, 0.25) is 0 Å². The second kappa shape index (κ2) is 9.33. The Morgan fingerprint density at radius 2 is 1.62 bits per heavy atom. The van der Waals surface area contributed by atoms with Crippen LogP contribution in [0.1, 0.15) is 15.9 Å². The van der Waals surface area contributed by atoms with Gasteiger partial charge in [0.1, 0.15) is 10.6 Å². The van der Waals surface area contributed by atoms with Gasteiger partial charge in [-0.3, -0.25) is 4.79 Å². The SMILES string of the molecule is O=C(N/N=C\c1cccc(OS(=O)(=O)c2ccc3ccccc3c2)c1)c1ccccc1Br. The molecule has 0 fully saturated rings. The Hall–Kier alpha value is -3.49. The highest BCUT2D eigenvalue weighted by atomic mass is 79.9. The van der Waals surface area contributed by atoms with Crippen molar-refractivity contribution < 1.29 is 17.4 Å². The predicted octanol–water partition coefficient (Wildman–Crippen LogP) is 5.13. The Bertz CT molecular complexity index is 1430. The molecule has 0 radical (unpaired) electrons. The number of hydrogen-bond acceptors (Lipinski definition) is 5. The van der Waals surface area contributed by atoms with Gasteiger partial charge in [-0.25, -0.2) is 5.43 Å². The van der Waals surface area contributed by atoms with Crippen LogP contribution in [-0.2, 0) is 10.1 Å². The highest BCUT2D eigenvalue weighted by molar-refractivity contribution is 9.10. The molecule has 32 heavy (non-hydrogen) atoms. The number of carbonyl (C=O) groups excluding carboxylic acids is 1. The van der Waals surface area contributed by atoms with Gasteiger partial charge >= 0.3 is 10.1 Å². The number of amides is 1. The van der Waals surface area contributed by atoms with Crippen LogP contribution in [0.3, 0.4) is 0 Å². The van der Waals surface area contributed by atoms with Crippen LogP contribution in [0.5, 0.6) is 5.75 Å². The van der Waals surface area contributed by atoms with Crippen LogP contribution in [0.2, 0.25) is 0 Å². The maximum atomic E-state index is 12.7. The van der Waals surface area contributed by atoms with E-state index < -0.39 is 10.1 Å². The molecule has 0 aliphatic carbocycles. The number of benzene rings is 4. The van der Waals surface area contributed by atoms with Crippen LogP contribution in [0.25, 0.3) is 10.8 Å². The molecule has 0 heterocycles. The number of halogens is 1. The topological polar surface area (TPSA) is 84.8 Å². The molecular weight excluding hydrogens is 492 g/mol. The number of rotatable bonds is 6. The zero-order valence-electron chi connectivity index (χ0n) is 16.6. The van der Waals surface area contributed by atoms with Gasteiger partial charge in [0.25, 0.3) is 5.91 Å². The summed E-state index contributed by atoms with van der Waals surface area (Å²) in [4.78, 5) is 12.3. The zero-order valence-corrected chi connectivity index (χ0v) is 19.0. The first-order chi connectivity index (χ1) is 15.4. The van der Waals surface area contributed by atoms with E-state index in [1.54, 1.807) is 42.5 Å². The van der Waals surface area contributed by atoms with Crippen molar-refractivity contribution in [1.29, 1.82) is 0 Å². The van der Waals surface area contributed by atoms with E-state index in [-0.39, 0.29) is 16.6 Å². The third-order valence-electron chi connectivity index (χ3n) is 4.57. The van der Waals surface area contributed by atoms with Crippen LogP contribution in [0.4, 0.5) is 0 Å². The standard InChI is InChI=1S/C24H17BrN2O4S/c25-23-11-4-3-10-22(23)24(28)27-26-16-17-6-5-9-20(14-17)31-32(29,30)21-13-12-18-7-1-2-8-19(18)15-21/h1-16H,(H,27,28)/b26-16-. The Morgan fingerprint density at radius 3 is 2.44 bits per heavy atom. The number of nitrogens with one attached hydrogen (secondary N) is 1. The van der Waals surface area contributed by atoms with E-state index in [1.807, 2.05) is 30.3 Å². The summed E-state index contributed by atoms with van der Waals surface area (Å²) >= 11 is 3.32. The largest absolute Gasteiger partial charge is 0.379 e. The number of hydrogen-bond donors (Lipinski definition) is 1. The van der Waals surface area contributed by atoms with E-state index >= 15 is 0 Å². The van der Waals surface area contributed by atoms with Gasteiger partial charge in [0.15, 0.2) is 0 Å². The molecule has 4 aromatic rings. The van der Waals surface area contributed by atoms with Crippen molar-refractivity contribution >= 4 is 48.9 Å². The van der Waals surface area contributed by atoms with Crippen molar-refractivity contribution in [2.45, 2.75) is 4.90 Å². The molecule has 0 unspecified atom stereocenters. The summed E-state index contributed by atoms with van der Waals surface area (Å²) in [5, 5.41) is 5.68. The first kappa shape index (κ1) is 21.7. The van der Waals surface area contributed by atoms with Gasteiger partial charge in [-0.05, 0) is 68.7 Å². The summed E-state index contributed by atoms with van der Waals surface area (Å²) in [6.07, 6.45) is 1.41. The normalized spacial score (nSPS) is 11.5. The fraction of sp³-hybridized carbons (Fsp3) is 0. The molecule has 0 saturated carbocycles. The summed E-state index contributed by atoms with van der Waals surface area (Å²) < 4.78 is 31.4. The lowest BCUT2D eigenvalue weighted by atomic mass is 10.1. The van der Waals surface area contributed by atoms with E-state index in [4.69, 9.17) is 4.18 Å². The highest BCUT2D eigenvalue weighted by Gasteiger charge is 2.17. The second-order valence-electron chi connectivity index (χ2n) is 6.80. The molecule has 4 rings (SSSR count). The Labute approximate surface area is 193 Å². The molecule has 4 aromatic carbocycles. The van der Waals surface area contributed by atoms with Crippen LogP contribution in [0.15, 0.2) is 105 Å². The van der Waals surface area contributed by atoms with Gasteiger partial charge < -0.3 is 4.18 Å². The highest BCUT2D eigenvalue weighted by Crippen LogP contribution is 2.23. The van der Waals surface area contributed by atoms with Gasteiger partial charge in [0, 0.05) is 4.47 Å². The molecular formula is C24H17BrN2O4S. The lowest BCUT2D eigenvalue weighted by molar-refractivity contribution is 0.0954. The molecule has 0 aliphatic rings. The summed E-state index contributed by atoms with van der Waals surface area (Å²) in [7, 11) is -4.02. The van der Waals surface area contributed by atoms with E-state index in [2.05, 4.69) is 26.5 Å². The van der Waals surface area contributed by atoms with Gasteiger partial charge in [-0.2, -0.15) is 13.5 Å². The maximum absolute atomic E-state index is 12.7. The van der Waals surface area contributed by atoms with Crippen molar-refractivity contribution in [3.8, 4) is 5.75 Å². The first-order valence-corrected chi connectivity index (χ1v) is 11.7. The zero-order chi connectivity index (χ0) is 22.6. The van der Waals surface area contributed by atoms with Crippen molar-refractivity contribution in [3.05, 3.63) is 107 Å². The van der Waals surface area contributed by atoms with Crippen LogP contribution in [0, 0.1) is 0 Å². The van der Waals surface area contributed by atoms with Gasteiger partial charge in [0.05, 0.1) is 11.8 Å². The summed E-state index contributed by atoms with van der Waals surface area (Å²) in [5.41, 5.74) is 3.45. The lowest BCUT2D eigenvalue weighted by Gasteiger charge is -2.08. The molecule has 0 bridgehead atoms. The molecule has 6 nitrogen and oxygen atoms in total. The van der Waals surface area contributed by atoms with Gasteiger partial charge in [-0.15, -0.1) is 0 Å². The van der Waals surface area contributed by atoms with Crippen LogP contribution >= 0.6 is 15.9 Å². The van der Waals surface area contributed by atoms with E-state index in [1.165, 1.54) is 24.4 Å². The fourth-order valence-electron chi connectivity index (χ4n) is 3.02. The Morgan fingerprint density at radius 1 is 0.875 bits per heavy atom. The molecule has 1 amide bonds. The smallest absolute Gasteiger partial charge is 0.339 e. The minimum absolute atomic E-state index is 0.0657. The maximum Gasteiger partial charge on any atom is 0.339 e. The molecule has 8 heteroatoms. The second-order valence-corrected chi connectivity index (χ2v) is 9.20. The number of carbonyl (C=O) groups is 1. The number of nitrogens with zero attached hydrogens (tertiary/aromatic N) is 1.